The lowest BCUT2D eigenvalue weighted by Gasteiger charge is -2.37. The van der Waals surface area contributed by atoms with Crippen LogP contribution < -0.4 is 14.8 Å². The van der Waals surface area contributed by atoms with Crippen molar-refractivity contribution in [3.8, 4) is 11.5 Å². The van der Waals surface area contributed by atoms with Crippen LogP contribution in [-0.4, -0.2) is 58.4 Å². The van der Waals surface area contributed by atoms with E-state index in [-0.39, 0.29) is 18.6 Å². The Morgan fingerprint density at radius 1 is 1.33 bits per heavy atom. The number of nitrogens with zero attached hydrogens (tertiary/aromatic N) is 1. The van der Waals surface area contributed by atoms with Gasteiger partial charge in [-0.2, -0.15) is 0 Å². The van der Waals surface area contributed by atoms with E-state index in [0.29, 0.717) is 12.3 Å². The van der Waals surface area contributed by atoms with Gasteiger partial charge in [0.1, 0.15) is 6.61 Å². The Hall–Kier alpha value is -2.05. The highest BCUT2D eigenvalue weighted by molar-refractivity contribution is 5.77. The molecule has 132 valence electrons. The van der Waals surface area contributed by atoms with Crippen LogP contribution in [0.25, 0.3) is 0 Å². The Morgan fingerprint density at radius 2 is 2.04 bits per heavy atom. The average Bonchev–Trinajstić information content (AvgIpc) is 2.59. The SMILES string of the molecule is C=CCN1CCc2cc(OC)c(OC)cc2C1CNC(=O)COC. The van der Waals surface area contributed by atoms with Crippen molar-refractivity contribution in [2.45, 2.75) is 12.5 Å². The molecule has 0 saturated heterocycles. The Bertz CT molecular complexity index is 589. The Labute approximate surface area is 143 Å². The van der Waals surface area contributed by atoms with Crippen molar-refractivity contribution in [1.29, 1.82) is 0 Å². The molecule has 0 aromatic heterocycles. The van der Waals surface area contributed by atoms with Gasteiger partial charge in [-0.15, -0.1) is 6.58 Å². The van der Waals surface area contributed by atoms with Crippen molar-refractivity contribution in [1.82, 2.24) is 10.2 Å². The van der Waals surface area contributed by atoms with Crippen LogP contribution in [0, 0.1) is 0 Å². The topological polar surface area (TPSA) is 60.0 Å². The molecule has 1 aromatic rings. The fourth-order valence-electron chi connectivity index (χ4n) is 3.10. The second kappa shape index (κ2) is 8.70. The number of benzene rings is 1. The maximum absolute atomic E-state index is 11.8. The van der Waals surface area contributed by atoms with E-state index in [1.807, 2.05) is 18.2 Å². The lowest BCUT2D eigenvalue weighted by Crippen LogP contribution is -2.42. The molecule has 1 aliphatic heterocycles. The van der Waals surface area contributed by atoms with E-state index in [1.165, 1.54) is 12.7 Å². The lowest BCUT2D eigenvalue weighted by atomic mass is 9.91. The van der Waals surface area contributed by atoms with E-state index >= 15 is 0 Å². The number of methoxy groups -OCH3 is 3. The molecule has 0 aliphatic carbocycles. The number of carbonyl (C=O) groups excluding carboxylic acids is 1. The number of hydrogen-bond donors (Lipinski definition) is 1. The zero-order chi connectivity index (χ0) is 17.5. The van der Waals surface area contributed by atoms with E-state index in [2.05, 4.69) is 16.8 Å². The number of carbonyl (C=O) groups is 1. The molecule has 1 N–H and O–H groups in total. The minimum atomic E-state index is -0.122. The predicted octanol–water partition coefficient (Wildman–Crippen LogP) is 1.55. The molecule has 6 heteroatoms. The zero-order valence-electron chi connectivity index (χ0n) is 14.6. The van der Waals surface area contributed by atoms with Gasteiger partial charge in [-0.1, -0.05) is 6.08 Å². The summed E-state index contributed by atoms with van der Waals surface area (Å²) in [6.07, 6.45) is 2.81. The summed E-state index contributed by atoms with van der Waals surface area (Å²) in [7, 11) is 4.78. The highest BCUT2D eigenvalue weighted by Gasteiger charge is 2.28. The molecule has 0 fully saturated rings. The second-order valence-corrected chi connectivity index (χ2v) is 5.69. The molecule has 1 aliphatic rings. The number of amides is 1. The number of ether oxygens (including phenoxy) is 3. The minimum Gasteiger partial charge on any atom is -0.493 e. The highest BCUT2D eigenvalue weighted by atomic mass is 16.5. The summed E-state index contributed by atoms with van der Waals surface area (Å²) < 4.78 is 15.7. The predicted molar refractivity (Wildman–Crippen MR) is 92.6 cm³/mol. The third kappa shape index (κ3) is 4.07. The molecule has 2 rings (SSSR count). The molecular weight excluding hydrogens is 308 g/mol. The van der Waals surface area contributed by atoms with Gasteiger partial charge in [-0.05, 0) is 29.7 Å². The Morgan fingerprint density at radius 3 is 2.67 bits per heavy atom. The summed E-state index contributed by atoms with van der Waals surface area (Å²) in [5.74, 6) is 1.31. The smallest absolute Gasteiger partial charge is 0.246 e. The zero-order valence-corrected chi connectivity index (χ0v) is 14.6. The summed E-state index contributed by atoms with van der Waals surface area (Å²) in [6.45, 7) is 6.08. The van der Waals surface area contributed by atoms with Crippen LogP contribution >= 0.6 is 0 Å². The van der Waals surface area contributed by atoms with Gasteiger partial charge in [0.05, 0.1) is 20.3 Å². The average molecular weight is 334 g/mol. The van der Waals surface area contributed by atoms with Crippen LogP contribution in [0.1, 0.15) is 17.2 Å². The molecule has 1 unspecified atom stereocenters. The molecule has 0 bridgehead atoms. The molecule has 0 saturated carbocycles. The number of fused-ring (bicyclic) bond motifs is 1. The first-order valence-corrected chi connectivity index (χ1v) is 8.00. The Balaban J connectivity index is 2.30. The molecule has 1 heterocycles. The maximum Gasteiger partial charge on any atom is 0.246 e. The summed E-state index contributed by atoms with van der Waals surface area (Å²) in [5.41, 5.74) is 2.37. The second-order valence-electron chi connectivity index (χ2n) is 5.69. The van der Waals surface area contributed by atoms with Crippen molar-refractivity contribution in [3.05, 3.63) is 35.9 Å². The van der Waals surface area contributed by atoms with Crippen LogP contribution in [0.15, 0.2) is 24.8 Å². The molecular formula is C18H26N2O4. The molecule has 1 atom stereocenters. The first kappa shape index (κ1) is 18.3. The Kier molecular flexibility index (Phi) is 6.63. The fourth-order valence-corrected chi connectivity index (χ4v) is 3.10. The largest absolute Gasteiger partial charge is 0.493 e. The standard InChI is InChI=1S/C18H26N2O4/c1-5-7-20-8-6-13-9-16(23-3)17(24-4)10-14(13)15(20)11-19-18(21)12-22-2/h5,9-10,15H,1,6-8,11-12H2,2-4H3,(H,19,21). The first-order chi connectivity index (χ1) is 11.6. The third-order valence-corrected chi connectivity index (χ3v) is 4.25. The van der Waals surface area contributed by atoms with Gasteiger partial charge in [0.2, 0.25) is 5.91 Å². The molecule has 1 aromatic carbocycles. The van der Waals surface area contributed by atoms with E-state index in [0.717, 1.165) is 30.8 Å². The molecule has 0 radical (unpaired) electrons. The van der Waals surface area contributed by atoms with Gasteiger partial charge in [0, 0.05) is 26.7 Å². The van der Waals surface area contributed by atoms with Crippen molar-refractivity contribution >= 4 is 5.91 Å². The number of rotatable bonds is 8. The van der Waals surface area contributed by atoms with Crippen LogP contribution in [0.5, 0.6) is 11.5 Å². The van der Waals surface area contributed by atoms with Crippen molar-refractivity contribution in [2.24, 2.45) is 0 Å². The normalized spacial score (nSPS) is 17.0. The van der Waals surface area contributed by atoms with Gasteiger partial charge in [-0.3, -0.25) is 9.69 Å². The summed E-state index contributed by atoms with van der Waals surface area (Å²) in [5, 5.41) is 2.94. The quantitative estimate of drug-likeness (QED) is 0.731. The van der Waals surface area contributed by atoms with Crippen LogP contribution in [-0.2, 0) is 16.0 Å². The summed E-state index contributed by atoms with van der Waals surface area (Å²) in [6, 6.07) is 4.10. The van der Waals surface area contributed by atoms with Gasteiger partial charge in [0.15, 0.2) is 11.5 Å². The fraction of sp³-hybridized carbons (Fsp3) is 0.500. The van der Waals surface area contributed by atoms with Crippen LogP contribution in [0.4, 0.5) is 0 Å². The van der Waals surface area contributed by atoms with Crippen LogP contribution in [0.2, 0.25) is 0 Å². The van der Waals surface area contributed by atoms with Gasteiger partial charge in [0.25, 0.3) is 0 Å². The van der Waals surface area contributed by atoms with E-state index in [1.54, 1.807) is 14.2 Å². The van der Waals surface area contributed by atoms with Gasteiger partial charge in [-0.25, -0.2) is 0 Å². The summed E-state index contributed by atoms with van der Waals surface area (Å²) >= 11 is 0. The minimum absolute atomic E-state index is 0.0624. The number of nitrogens with one attached hydrogen (secondary N) is 1. The molecule has 1 amide bonds. The number of hydrogen-bond acceptors (Lipinski definition) is 5. The lowest BCUT2D eigenvalue weighted by molar-refractivity contribution is -0.125. The maximum atomic E-state index is 11.8. The van der Waals surface area contributed by atoms with Gasteiger partial charge < -0.3 is 19.5 Å². The van der Waals surface area contributed by atoms with E-state index in [4.69, 9.17) is 14.2 Å². The van der Waals surface area contributed by atoms with Crippen molar-refractivity contribution in [3.63, 3.8) is 0 Å². The van der Waals surface area contributed by atoms with Crippen LogP contribution in [0.3, 0.4) is 0 Å². The monoisotopic (exact) mass is 334 g/mol. The van der Waals surface area contributed by atoms with Crippen molar-refractivity contribution in [2.75, 3.05) is 47.6 Å². The highest BCUT2D eigenvalue weighted by Crippen LogP contribution is 2.37. The van der Waals surface area contributed by atoms with Crippen molar-refractivity contribution < 1.29 is 19.0 Å². The van der Waals surface area contributed by atoms with E-state index < -0.39 is 0 Å². The molecule has 24 heavy (non-hydrogen) atoms. The van der Waals surface area contributed by atoms with Gasteiger partial charge >= 0.3 is 0 Å². The molecule has 0 spiro atoms. The first-order valence-electron chi connectivity index (χ1n) is 8.00. The third-order valence-electron chi connectivity index (χ3n) is 4.25. The van der Waals surface area contributed by atoms with E-state index in [9.17, 15) is 4.79 Å². The summed E-state index contributed by atoms with van der Waals surface area (Å²) in [4.78, 5) is 14.1. The molecule has 6 nitrogen and oxygen atoms in total.